The summed E-state index contributed by atoms with van der Waals surface area (Å²) in [6, 6.07) is 28.1. The van der Waals surface area contributed by atoms with E-state index in [1.165, 1.54) is 35.5 Å². The molecule has 2 atom stereocenters. The normalized spacial score (nSPS) is 20.7. The fraction of sp³-hybridized carbons (Fsp3) is 0.535. The van der Waals surface area contributed by atoms with Gasteiger partial charge in [0.2, 0.25) is 0 Å². The van der Waals surface area contributed by atoms with Crippen LogP contribution in [0.2, 0.25) is 0 Å². The summed E-state index contributed by atoms with van der Waals surface area (Å²) in [7, 11) is 1.11. The van der Waals surface area contributed by atoms with Gasteiger partial charge in [0.15, 0.2) is 0 Å². The third kappa shape index (κ3) is 8.10. The van der Waals surface area contributed by atoms with Crippen LogP contribution in [0.1, 0.15) is 93.2 Å². The van der Waals surface area contributed by atoms with Crippen molar-refractivity contribution in [2.75, 3.05) is 24.8 Å². The second kappa shape index (κ2) is 14.7. The Kier molecular flexibility index (Phi) is 11.2. The maximum absolute atomic E-state index is 13.3. The SMILES string of the molecule is CC(C)(C)S(C)(c1ccccc1)c1ccccc1.CC(C)C1CC=C(c2cccc(N(C)C3CC4(CC4)C3)n2)N(C(=O)OC(C)(C)C)C1CO. The highest BCUT2D eigenvalue weighted by Gasteiger charge is 2.54. The highest BCUT2D eigenvalue weighted by atomic mass is 32.3. The summed E-state index contributed by atoms with van der Waals surface area (Å²) in [6.07, 6.45) is 10.2. The molecule has 3 aromatic rings. The third-order valence-corrected chi connectivity index (χ3v) is 16.0. The van der Waals surface area contributed by atoms with Gasteiger partial charge in [0.05, 0.1) is 24.0 Å². The molecule has 0 bridgehead atoms. The number of aliphatic hydroxyl groups is 1. The van der Waals surface area contributed by atoms with Gasteiger partial charge in [0.1, 0.15) is 11.4 Å². The van der Waals surface area contributed by atoms with Crippen molar-refractivity contribution in [3.05, 3.63) is 90.6 Å². The zero-order valence-electron chi connectivity index (χ0n) is 32.1. The van der Waals surface area contributed by atoms with Crippen molar-refractivity contribution in [1.82, 2.24) is 9.88 Å². The number of nitrogens with zero attached hydrogens (tertiary/aromatic N) is 3. The third-order valence-electron chi connectivity index (χ3n) is 11.2. The second-order valence-corrected chi connectivity index (χ2v) is 21.0. The maximum atomic E-state index is 13.3. The molecule has 6 rings (SSSR count). The van der Waals surface area contributed by atoms with E-state index >= 15 is 0 Å². The minimum Gasteiger partial charge on any atom is -0.443 e. The predicted molar refractivity (Wildman–Crippen MR) is 210 cm³/mol. The molecular weight excluding hydrogens is 639 g/mol. The van der Waals surface area contributed by atoms with E-state index in [1.807, 2.05) is 39.0 Å². The Morgan fingerprint density at radius 2 is 1.50 bits per heavy atom. The number of benzene rings is 2. The Labute approximate surface area is 303 Å². The lowest BCUT2D eigenvalue weighted by atomic mass is 9.76. The molecule has 1 amide bonds. The number of hydrogen-bond donors (Lipinski definition) is 1. The average molecular weight is 700 g/mol. The lowest BCUT2D eigenvalue weighted by Crippen LogP contribution is -2.50. The van der Waals surface area contributed by atoms with Crippen LogP contribution in [0.25, 0.3) is 5.70 Å². The van der Waals surface area contributed by atoms with E-state index in [-0.39, 0.29) is 23.3 Å². The molecule has 1 aromatic heterocycles. The summed E-state index contributed by atoms with van der Waals surface area (Å²) in [4.78, 5) is 25.1. The molecule has 3 aliphatic rings. The molecule has 0 saturated heterocycles. The summed E-state index contributed by atoms with van der Waals surface area (Å²) in [5.74, 6) is 1.42. The number of rotatable bonds is 7. The Morgan fingerprint density at radius 3 is 1.96 bits per heavy atom. The van der Waals surface area contributed by atoms with Crippen molar-refractivity contribution in [2.24, 2.45) is 17.3 Å². The summed E-state index contributed by atoms with van der Waals surface area (Å²) in [5, 5.41) is 10.3. The second-order valence-electron chi connectivity index (χ2n) is 17.0. The first kappa shape index (κ1) is 38.0. The van der Waals surface area contributed by atoms with Crippen molar-refractivity contribution in [2.45, 2.75) is 120 Å². The van der Waals surface area contributed by atoms with Gasteiger partial charge in [-0.05, 0) is 127 Å². The van der Waals surface area contributed by atoms with Gasteiger partial charge in [0.25, 0.3) is 0 Å². The van der Waals surface area contributed by atoms with E-state index < -0.39 is 21.7 Å². The van der Waals surface area contributed by atoms with Crippen LogP contribution < -0.4 is 4.90 Å². The Balaban J connectivity index is 0.000000228. The van der Waals surface area contributed by atoms with E-state index in [2.05, 4.69) is 120 Å². The van der Waals surface area contributed by atoms with Gasteiger partial charge in [-0.3, -0.25) is 4.90 Å². The van der Waals surface area contributed by atoms with Gasteiger partial charge in [0, 0.05) is 13.1 Å². The minimum absolute atomic E-state index is 0.108. The van der Waals surface area contributed by atoms with E-state index in [1.54, 1.807) is 4.90 Å². The van der Waals surface area contributed by atoms with E-state index in [0.717, 1.165) is 23.6 Å². The van der Waals surface area contributed by atoms with Crippen molar-refractivity contribution < 1.29 is 14.6 Å². The quantitative estimate of drug-likeness (QED) is 0.266. The summed E-state index contributed by atoms with van der Waals surface area (Å²) >= 11 is 0. The lowest BCUT2D eigenvalue weighted by Gasteiger charge is -2.48. The molecule has 2 aliphatic carbocycles. The highest BCUT2D eigenvalue weighted by Crippen LogP contribution is 2.67. The van der Waals surface area contributed by atoms with E-state index in [4.69, 9.17) is 9.72 Å². The molecule has 2 unspecified atom stereocenters. The molecule has 0 radical (unpaired) electrons. The molecule has 2 saturated carbocycles. The molecule has 2 aromatic carbocycles. The molecule has 6 nitrogen and oxygen atoms in total. The number of hydrogen-bond acceptors (Lipinski definition) is 5. The number of pyridine rings is 1. The average Bonchev–Trinajstić information content (AvgIpc) is 3.88. The van der Waals surface area contributed by atoms with Crippen LogP contribution in [-0.4, -0.2) is 63.4 Å². The number of ether oxygens (including phenoxy) is 1. The number of carbonyl (C=O) groups is 1. The standard InChI is InChI=1S/C26H39N3O3.C17H22S/c1-17(2)19-10-11-21(29(22(19)16-30)24(31)32-25(3,4)5)20-8-7-9-23(27-20)28(6)18-14-26(15-18)12-13-26;1-17(2,3)18(4,15-11-7-5-8-12-15)16-13-9-6-10-14-16/h7-9,11,17-19,22,30H,10,12-16H2,1-6H3;5-14H,1-4H3. The van der Waals surface area contributed by atoms with Crippen LogP contribution in [-0.2, 0) is 4.74 Å². The molecule has 50 heavy (non-hydrogen) atoms. The Morgan fingerprint density at radius 1 is 0.940 bits per heavy atom. The van der Waals surface area contributed by atoms with E-state index in [9.17, 15) is 9.90 Å². The maximum Gasteiger partial charge on any atom is 0.415 e. The van der Waals surface area contributed by atoms with Crippen LogP contribution >= 0.6 is 10.0 Å². The summed E-state index contributed by atoms with van der Waals surface area (Å²) in [6.45, 7) is 16.8. The van der Waals surface area contributed by atoms with Gasteiger partial charge in [-0.15, -0.1) is 0 Å². The fourth-order valence-electron chi connectivity index (χ4n) is 7.56. The number of amides is 1. The smallest absolute Gasteiger partial charge is 0.415 e. The number of aliphatic hydroxyl groups excluding tert-OH is 1. The first-order chi connectivity index (χ1) is 23.5. The molecular formula is C43H61N3O3S. The zero-order chi connectivity index (χ0) is 36.5. The summed E-state index contributed by atoms with van der Waals surface area (Å²) in [5.41, 5.74) is 1.50. The van der Waals surface area contributed by atoms with Crippen molar-refractivity contribution in [1.29, 1.82) is 0 Å². The largest absolute Gasteiger partial charge is 0.443 e. The topological polar surface area (TPSA) is 65.9 Å². The van der Waals surface area contributed by atoms with Gasteiger partial charge >= 0.3 is 6.09 Å². The van der Waals surface area contributed by atoms with E-state index in [0.29, 0.717) is 17.4 Å². The number of carbonyl (C=O) groups excluding carboxylic acids is 1. The van der Waals surface area contributed by atoms with Gasteiger partial charge < -0.3 is 14.7 Å². The summed E-state index contributed by atoms with van der Waals surface area (Å²) < 4.78 is 6.00. The first-order valence-corrected chi connectivity index (χ1v) is 20.5. The lowest BCUT2D eigenvalue weighted by molar-refractivity contribution is 0.0112. The van der Waals surface area contributed by atoms with Crippen molar-refractivity contribution >= 4 is 27.6 Å². The van der Waals surface area contributed by atoms with Crippen LogP contribution in [0.15, 0.2) is 94.7 Å². The molecule has 1 N–H and O–H groups in total. The van der Waals surface area contributed by atoms with Gasteiger partial charge in [-0.1, -0.05) is 83.2 Å². The minimum atomic E-state index is -1.01. The van der Waals surface area contributed by atoms with Gasteiger partial charge in [-0.25, -0.2) is 9.78 Å². The predicted octanol–water partition coefficient (Wildman–Crippen LogP) is 10.4. The molecule has 7 heteroatoms. The van der Waals surface area contributed by atoms with Gasteiger partial charge in [-0.2, -0.15) is 10.0 Å². The molecule has 1 spiro atoms. The fourth-order valence-corrected chi connectivity index (χ4v) is 10.6. The van der Waals surface area contributed by atoms with Crippen LogP contribution in [0.5, 0.6) is 0 Å². The Bertz CT molecular complexity index is 1570. The van der Waals surface area contributed by atoms with Crippen LogP contribution in [0.3, 0.4) is 0 Å². The monoisotopic (exact) mass is 699 g/mol. The van der Waals surface area contributed by atoms with Crippen molar-refractivity contribution in [3.8, 4) is 0 Å². The first-order valence-electron chi connectivity index (χ1n) is 18.4. The van der Waals surface area contributed by atoms with Crippen LogP contribution in [0, 0.1) is 17.3 Å². The number of aromatic nitrogens is 1. The van der Waals surface area contributed by atoms with Crippen LogP contribution in [0.4, 0.5) is 10.6 Å². The van der Waals surface area contributed by atoms with Crippen molar-refractivity contribution in [3.63, 3.8) is 0 Å². The highest BCUT2D eigenvalue weighted by molar-refractivity contribution is 8.34. The number of allylic oxidation sites excluding steroid dienone is 1. The zero-order valence-corrected chi connectivity index (χ0v) is 33.0. The molecule has 2 fully saturated rings. The molecule has 1 aliphatic heterocycles. The Hall–Kier alpha value is -3.29. The number of anilines is 1. The molecule has 2 heterocycles. The molecule has 272 valence electrons.